The molecule has 1 aliphatic rings. The summed E-state index contributed by atoms with van der Waals surface area (Å²) >= 11 is 0. The highest BCUT2D eigenvalue weighted by atomic mass is 15.2. The van der Waals surface area contributed by atoms with Crippen molar-refractivity contribution in [3.63, 3.8) is 0 Å². The van der Waals surface area contributed by atoms with Gasteiger partial charge < -0.3 is 15.5 Å². The van der Waals surface area contributed by atoms with E-state index in [4.69, 9.17) is 5.73 Å². The maximum Gasteiger partial charge on any atom is 0.132 e. The van der Waals surface area contributed by atoms with Crippen LogP contribution < -0.4 is 10.6 Å². The van der Waals surface area contributed by atoms with E-state index in [0.29, 0.717) is 12.6 Å². The predicted octanol–water partition coefficient (Wildman–Crippen LogP) is 1.07. The minimum absolute atomic E-state index is 0.556. The van der Waals surface area contributed by atoms with Gasteiger partial charge in [-0.15, -0.1) is 0 Å². The largest absolute Gasteiger partial charge is 0.356 e. The fourth-order valence-electron chi connectivity index (χ4n) is 2.46. The van der Waals surface area contributed by atoms with Gasteiger partial charge in [0, 0.05) is 31.4 Å². The summed E-state index contributed by atoms with van der Waals surface area (Å²) in [5, 5.41) is 0. The number of hydrogen-bond donors (Lipinski definition) is 1. The van der Waals surface area contributed by atoms with Crippen molar-refractivity contribution in [3.8, 4) is 0 Å². The van der Waals surface area contributed by atoms with Gasteiger partial charge >= 0.3 is 0 Å². The summed E-state index contributed by atoms with van der Waals surface area (Å²) in [6.45, 7) is 2.89. The molecule has 1 fully saturated rings. The SMILES string of the molecule is CN1CCC(N(C)c2ncccc2CN)CC1. The maximum atomic E-state index is 5.77. The van der Waals surface area contributed by atoms with Gasteiger partial charge in [-0.1, -0.05) is 6.07 Å². The van der Waals surface area contributed by atoms with E-state index >= 15 is 0 Å². The van der Waals surface area contributed by atoms with Crippen LogP contribution >= 0.6 is 0 Å². The molecule has 17 heavy (non-hydrogen) atoms. The molecular weight excluding hydrogens is 212 g/mol. The molecule has 0 spiro atoms. The van der Waals surface area contributed by atoms with Crippen LogP contribution in [0.3, 0.4) is 0 Å². The first-order valence-electron chi connectivity index (χ1n) is 6.27. The summed E-state index contributed by atoms with van der Waals surface area (Å²) in [6, 6.07) is 4.61. The van der Waals surface area contributed by atoms with Crippen LogP contribution in [-0.2, 0) is 6.54 Å². The molecule has 0 bridgehead atoms. The second-order valence-corrected chi connectivity index (χ2v) is 4.84. The molecule has 1 aromatic heterocycles. The molecule has 2 heterocycles. The van der Waals surface area contributed by atoms with Gasteiger partial charge in [0.25, 0.3) is 0 Å². The molecule has 4 heteroatoms. The number of pyridine rings is 1. The zero-order chi connectivity index (χ0) is 12.3. The Balaban J connectivity index is 2.10. The first-order chi connectivity index (χ1) is 8.22. The molecule has 0 atom stereocenters. The monoisotopic (exact) mass is 234 g/mol. The predicted molar refractivity (Wildman–Crippen MR) is 71.1 cm³/mol. The van der Waals surface area contributed by atoms with Crippen LogP contribution in [0.2, 0.25) is 0 Å². The van der Waals surface area contributed by atoms with Gasteiger partial charge in [0.2, 0.25) is 0 Å². The molecule has 0 unspecified atom stereocenters. The molecular formula is C13H22N4. The van der Waals surface area contributed by atoms with Crippen LogP contribution in [0.5, 0.6) is 0 Å². The van der Waals surface area contributed by atoms with E-state index < -0.39 is 0 Å². The van der Waals surface area contributed by atoms with Crippen molar-refractivity contribution >= 4 is 5.82 Å². The standard InChI is InChI=1S/C13H22N4/c1-16-8-5-12(6-9-16)17(2)13-11(10-14)4-3-7-15-13/h3-4,7,12H,5-6,8-10,14H2,1-2H3. The summed E-state index contributed by atoms with van der Waals surface area (Å²) in [5.74, 6) is 1.05. The van der Waals surface area contributed by atoms with Crippen LogP contribution in [0.25, 0.3) is 0 Å². The molecule has 1 saturated heterocycles. The van der Waals surface area contributed by atoms with Crippen molar-refractivity contribution in [1.29, 1.82) is 0 Å². The Morgan fingerprint density at radius 1 is 1.47 bits per heavy atom. The fraction of sp³-hybridized carbons (Fsp3) is 0.615. The summed E-state index contributed by atoms with van der Waals surface area (Å²) in [6.07, 6.45) is 4.25. The zero-order valence-corrected chi connectivity index (χ0v) is 10.8. The average molecular weight is 234 g/mol. The van der Waals surface area contributed by atoms with Gasteiger partial charge in [0.15, 0.2) is 0 Å². The summed E-state index contributed by atoms with van der Waals surface area (Å²) in [5.41, 5.74) is 6.90. The summed E-state index contributed by atoms with van der Waals surface area (Å²) in [7, 11) is 4.32. The first kappa shape index (κ1) is 12.3. The first-order valence-corrected chi connectivity index (χ1v) is 6.27. The summed E-state index contributed by atoms with van der Waals surface area (Å²) < 4.78 is 0. The minimum atomic E-state index is 0.556. The number of anilines is 1. The van der Waals surface area contributed by atoms with E-state index in [9.17, 15) is 0 Å². The topological polar surface area (TPSA) is 45.4 Å². The van der Waals surface area contributed by atoms with Crippen molar-refractivity contribution in [3.05, 3.63) is 23.9 Å². The van der Waals surface area contributed by atoms with Crippen LogP contribution in [0.15, 0.2) is 18.3 Å². The quantitative estimate of drug-likeness (QED) is 0.850. The third kappa shape index (κ3) is 2.76. The zero-order valence-electron chi connectivity index (χ0n) is 10.8. The lowest BCUT2D eigenvalue weighted by atomic mass is 10.0. The fourth-order valence-corrected chi connectivity index (χ4v) is 2.46. The minimum Gasteiger partial charge on any atom is -0.356 e. The molecule has 0 radical (unpaired) electrons. The molecule has 0 amide bonds. The van der Waals surface area contributed by atoms with E-state index in [-0.39, 0.29) is 0 Å². The van der Waals surface area contributed by atoms with Crippen molar-refractivity contribution in [2.24, 2.45) is 5.73 Å². The molecule has 1 aliphatic heterocycles. The van der Waals surface area contributed by atoms with Crippen LogP contribution in [0.1, 0.15) is 18.4 Å². The van der Waals surface area contributed by atoms with Gasteiger partial charge in [0.05, 0.1) is 0 Å². The third-order valence-electron chi connectivity index (χ3n) is 3.66. The number of aromatic nitrogens is 1. The second-order valence-electron chi connectivity index (χ2n) is 4.84. The van der Waals surface area contributed by atoms with Crippen molar-refractivity contribution in [2.45, 2.75) is 25.4 Å². The highest BCUT2D eigenvalue weighted by Gasteiger charge is 2.22. The number of piperidine rings is 1. The van der Waals surface area contributed by atoms with Gasteiger partial charge in [-0.05, 0) is 39.0 Å². The number of likely N-dealkylation sites (tertiary alicyclic amines) is 1. The highest BCUT2D eigenvalue weighted by molar-refractivity contribution is 5.46. The second kappa shape index (κ2) is 5.47. The normalized spacial score (nSPS) is 18.3. The molecule has 0 saturated carbocycles. The van der Waals surface area contributed by atoms with E-state index in [1.54, 1.807) is 0 Å². The summed E-state index contributed by atoms with van der Waals surface area (Å²) in [4.78, 5) is 9.16. The van der Waals surface area contributed by atoms with Gasteiger partial charge in [-0.25, -0.2) is 4.98 Å². The Morgan fingerprint density at radius 2 is 2.18 bits per heavy atom. The van der Waals surface area contributed by atoms with Gasteiger partial charge in [0.1, 0.15) is 5.82 Å². The van der Waals surface area contributed by atoms with Crippen LogP contribution in [-0.4, -0.2) is 43.1 Å². The molecule has 2 N–H and O–H groups in total. The van der Waals surface area contributed by atoms with Crippen molar-refractivity contribution < 1.29 is 0 Å². The third-order valence-corrected chi connectivity index (χ3v) is 3.66. The van der Waals surface area contributed by atoms with Crippen LogP contribution in [0, 0.1) is 0 Å². The Hall–Kier alpha value is -1.13. The molecule has 0 aromatic carbocycles. The Labute approximate surface area is 103 Å². The highest BCUT2D eigenvalue weighted by Crippen LogP contribution is 2.22. The number of rotatable bonds is 3. The molecule has 4 nitrogen and oxygen atoms in total. The van der Waals surface area contributed by atoms with E-state index in [1.165, 1.54) is 25.9 Å². The van der Waals surface area contributed by atoms with E-state index in [2.05, 4.69) is 34.9 Å². The molecule has 2 rings (SSSR count). The molecule has 1 aromatic rings. The molecule has 0 aliphatic carbocycles. The van der Waals surface area contributed by atoms with Gasteiger partial charge in [-0.3, -0.25) is 0 Å². The van der Waals surface area contributed by atoms with Crippen molar-refractivity contribution in [2.75, 3.05) is 32.1 Å². The van der Waals surface area contributed by atoms with Crippen LogP contribution in [0.4, 0.5) is 5.82 Å². The Bertz CT molecular complexity index is 358. The maximum absolute atomic E-state index is 5.77. The van der Waals surface area contributed by atoms with E-state index in [0.717, 1.165) is 11.4 Å². The smallest absolute Gasteiger partial charge is 0.132 e. The lowest BCUT2D eigenvalue weighted by Crippen LogP contribution is -2.42. The Kier molecular flexibility index (Phi) is 3.97. The van der Waals surface area contributed by atoms with Gasteiger partial charge in [-0.2, -0.15) is 0 Å². The Morgan fingerprint density at radius 3 is 2.82 bits per heavy atom. The number of nitrogens with zero attached hydrogens (tertiary/aromatic N) is 3. The van der Waals surface area contributed by atoms with Crippen molar-refractivity contribution in [1.82, 2.24) is 9.88 Å². The number of nitrogens with two attached hydrogens (primary N) is 1. The van der Waals surface area contributed by atoms with E-state index in [1.807, 2.05) is 12.3 Å². The lowest BCUT2D eigenvalue weighted by Gasteiger charge is -2.36. The number of hydrogen-bond acceptors (Lipinski definition) is 4. The average Bonchev–Trinajstić information content (AvgIpc) is 2.39. The lowest BCUT2D eigenvalue weighted by molar-refractivity contribution is 0.252. The molecule has 94 valence electrons.